The molecule has 2 fully saturated rings. The highest BCUT2D eigenvalue weighted by Crippen LogP contribution is 2.21. The van der Waals surface area contributed by atoms with Crippen LogP contribution < -0.4 is 5.32 Å². The summed E-state index contributed by atoms with van der Waals surface area (Å²) in [5, 5.41) is 3.57. The van der Waals surface area contributed by atoms with E-state index in [1.54, 1.807) is 0 Å². The van der Waals surface area contributed by atoms with Crippen molar-refractivity contribution in [3.8, 4) is 0 Å². The smallest absolute Gasteiger partial charge is 0.0623 e. The molecule has 2 aliphatic rings. The molecule has 2 saturated heterocycles. The Kier molecular flexibility index (Phi) is 4.00. The maximum atomic E-state index is 3.57. The summed E-state index contributed by atoms with van der Waals surface area (Å²) in [5.41, 5.74) is 0. The van der Waals surface area contributed by atoms with E-state index in [2.05, 4.69) is 29.0 Å². The third-order valence-corrected chi connectivity index (χ3v) is 3.78. The zero-order valence-corrected chi connectivity index (χ0v) is 10.2. The van der Waals surface area contributed by atoms with Gasteiger partial charge in [-0.05, 0) is 45.8 Å². The second-order valence-electron chi connectivity index (χ2n) is 4.96. The lowest BCUT2D eigenvalue weighted by atomic mass is 10.2. The van der Waals surface area contributed by atoms with Gasteiger partial charge in [-0.25, -0.2) is 0 Å². The minimum absolute atomic E-state index is 0.659. The van der Waals surface area contributed by atoms with Crippen LogP contribution in [-0.4, -0.2) is 54.7 Å². The molecule has 0 aromatic heterocycles. The largest absolute Gasteiger partial charge is 0.313 e. The van der Waals surface area contributed by atoms with Crippen molar-refractivity contribution in [1.82, 2.24) is 15.1 Å². The zero-order valence-electron chi connectivity index (χ0n) is 10.2. The highest BCUT2D eigenvalue weighted by atomic mass is 15.4. The molecule has 2 unspecified atom stereocenters. The predicted molar refractivity (Wildman–Crippen MR) is 63.9 cm³/mol. The SMILES string of the molecule is CCN1CCCC1N1CCCNC(C)C1. The molecule has 2 heterocycles. The standard InChI is InChI=1S/C12H25N3/c1-3-14-8-4-6-12(14)15-9-5-7-13-11(2)10-15/h11-13H,3-10H2,1-2H3. The molecule has 1 N–H and O–H groups in total. The topological polar surface area (TPSA) is 18.5 Å². The van der Waals surface area contributed by atoms with Crippen LogP contribution in [0, 0.1) is 0 Å². The second kappa shape index (κ2) is 5.28. The van der Waals surface area contributed by atoms with E-state index in [0.717, 1.165) is 6.17 Å². The monoisotopic (exact) mass is 211 g/mol. The van der Waals surface area contributed by atoms with Crippen LogP contribution in [0.3, 0.4) is 0 Å². The molecule has 0 aromatic carbocycles. The maximum Gasteiger partial charge on any atom is 0.0623 e. The van der Waals surface area contributed by atoms with Crippen LogP contribution in [0.15, 0.2) is 0 Å². The molecular weight excluding hydrogens is 186 g/mol. The van der Waals surface area contributed by atoms with Crippen molar-refractivity contribution in [3.05, 3.63) is 0 Å². The van der Waals surface area contributed by atoms with Gasteiger partial charge in [0.2, 0.25) is 0 Å². The Bertz CT molecular complexity index is 195. The third-order valence-electron chi connectivity index (χ3n) is 3.78. The molecule has 0 aliphatic carbocycles. The van der Waals surface area contributed by atoms with Gasteiger partial charge in [-0.1, -0.05) is 6.92 Å². The summed E-state index contributed by atoms with van der Waals surface area (Å²) in [4.78, 5) is 5.33. The second-order valence-corrected chi connectivity index (χ2v) is 4.96. The fourth-order valence-corrected chi connectivity index (χ4v) is 3.00. The summed E-state index contributed by atoms with van der Waals surface area (Å²) >= 11 is 0. The average Bonchev–Trinajstić information content (AvgIpc) is 2.61. The van der Waals surface area contributed by atoms with Crippen LogP contribution >= 0.6 is 0 Å². The molecule has 3 nitrogen and oxygen atoms in total. The number of nitrogens with one attached hydrogen (secondary N) is 1. The lowest BCUT2D eigenvalue weighted by Crippen LogP contribution is -2.47. The van der Waals surface area contributed by atoms with Gasteiger partial charge >= 0.3 is 0 Å². The molecular formula is C12H25N3. The van der Waals surface area contributed by atoms with Gasteiger partial charge in [-0.2, -0.15) is 0 Å². The maximum absolute atomic E-state index is 3.57. The van der Waals surface area contributed by atoms with Crippen LogP contribution in [0.4, 0.5) is 0 Å². The van der Waals surface area contributed by atoms with Gasteiger partial charge in [0, 0.05) is 19.1 Å². The first-order chi connectivity index (χ1) is 7.31. The van der Waals surface area contributed by atoms with Gasteiger partial charge in [0.25, 0.3) is 0 Å². The molecule has 0 saturated carbocycles. The molecule has 0 amide bonds. The normalized spacial score (nSPS) is 35.6. The van der Waals surface area contributed by atoms with E-state index < -0.39 is 0 Å². The quantitative estimate of drug-likeness (QED) is 0.738. The first-order valence-corrected chi connectivity index (χ1v) is 6.52. The molecule has 2 atom stereocenters. The summed E-state index contributed by atoms with van der Waals surface area (Å²) < 4.78 is 0. The molecule has 2 aliphatic heterocycles. The average molecular weight is 211 g/mol. The molecule has 0 spiro atoms. The number of hydrogen-bond donors (Lipinski definition) is 1. The Balaban J connectivity index is 1.95. The van der Waals surface area contributed by atoms with Gasteiger partial charge in [-0.3, -0.25) is 9.80 Å². The van der Waals surface area contributed by atoms with Crippen LogP contribution in [0.2, 0.25) is 0 Å². The Labute approximate surface area is 93.8 Å². The molecule has 15 heavy (non-hydrogen) atoms. The van der Waals surface area contributed by atoms with Crippen molar-refractivity contribution in [2.45, 2.75) is 45.3 Å². The lowest BCUT2D eigenvalue weighted by Gasteiger charge is -2.34. The van der Waals surface area contributed by atoms with Crippen molar-refractivity contribution < 1.29 is 0 Å². The van der Waals surface area contributed by atoms with Crippen LogP contribution in [0.5, 0.6) is 0 Å². The molecule has 88 valence electrons. The Morgan fingerprint density at radius 1 is 1.27 bits per heavy atom. The van der Waals surface area contributed by atoms with E-state index in [1.807, 2.05) is 0 Å². The summed E-state index contributed by atoms with van der Waals surface area (Å²) in [6.45, 7) is 10.8. The Hall–Kier alpha value is -0.120. The van der Waals surface area contributed by atoms with Crippen molar-refractivity contribution in [1.29, 1.82) is 0 Å². The minimum Gasteiger partial charge on any atom is -0.313 e. The van der Waals surface area contributed by atoms with E-state index in [9.17, 15) is 0 Å². The van der Waals surface area contributed by atoms with E-state index in [4.69, 9.17) is 0 Å². The van der Waals surface area contributed by atoms with Crippen LogP contribution in [0.1, 0.15) is 33.1 Å². The summed E-state index contributed by atoms with van der Waals surface area (Å²) in [6.07, 6.45) is 4.80. The van der Waals surface area contributed by atoms with E-state index in [1.165, 1.54) is 52.0 Å². The summed E-state index contributed by atoms with van der Waals surface area (Å²) in [7, 11) is 0. The van der Waals surface area contributed by atoms with Crippen LogP contribution in [0.25, 0.3) is 0 Å². The van der Waals surface area contributed by atoms with Gasteiger partial charge in [0.05, 0.1) is 6.17 Å². The van der Waals surface area contributed by atoms with Gasteiger partial charge in [0.1, 0.15) is 0 Å². The van der Waals surface area contributed by atoms with E-state index in [0.29, 0.717) is 6.04 Å². The fourth-order valence-electron chi connectivity index (χ4n) is 3.00. The van der Waals surface area contributed by atoms with Gasteiger partial charge in [0.15, 0.2) is 0 Å². The molecule has 0 bridgehead atoms. The number of likely N-dealkylation sites (tertiary alicyclic amines) is 1. The molecule has 2 rings (SSSR count). The number of nitrogens with zero attached hydrogens (tertiary/aromatic N) is 2. The van der Waals surface area contributed by atoms with Crippen molar-refractivity contribution in [3.63, 3.8) is 0 Å². The van der Waals surface area contributed by atoms with E-state index >= 15 is 0 Å². The van der Waals surface area contributed by atoms with Crippen LogP contribution in [-0.2, 0) is 0 Å². The highest BCUT2D eigenvalue weighted by Gasteiger charge is 2.29. The molecule has 3 heteroatoms. The lowest BCUT2D eigenvalue weighted by molar-refractivity contribution is 0.0783. The predicted octanol–water partition coefficient (Wildman–Crippen LogP) is 1.11. The van der Waals surface area contributed by atoms with Crippen molar-refractivity contribution >= 4 is 0 Å². The molecule has 0 radical (unpaired) electrons. The Morgan fingerprint density at radius 3 is 2.93 bits per heavy atom. The van der Waals surface area contributed by atoms with Gasteiger partial charge in [-0.15, -0.1) is 0 Å². The van der Waals surface area contributed by atoms with Crippen molar-refractivity contribution in [2.24, 2.45) is 0 Å². The van der Waals surface area contributed by atoms with E-state index in [-0.39, 0.29) is 0 Å². The first kappa shape index (κ1) is 11.4. The fraction of sp³-hybridized carbons (Fsp3) is 1.00. The summed E-state index contributed by atoms with van der Waals surface area (Å²) in [6, 6.07) is 0.659. The minimum atomic E-state index is 0.659. The number of hydrogen-bond acceptors (Lipinski definition) is 3. The molecule has 0 aromatic rings. The van der Waals surface area contributed by atoms with Crippen molar-refractivity contribution in [2.75, 3.05) is 32.7 Å². The Morgan fingerprint density at radius 2 is 2.13 bits per heavy atom. The number of rotatable bonds is 2. The van der Waals surface area contributed by atoms with Gasteiger partial charge < -0.3 is 5.32 Å². The highest BCUT2D eigenvalue weighted by molar-refractivity contribution is 4.83. The third kappa shape index (κ3) is 2.71. The summed E-state index contributed by atoms with van der Waals surface area (Å²) in [5.74, 6) is 0. The first-order valence-electron chi connectivity index (χ1n) is 6.52. The zero-order chi connectivity index (χ0) is 10.7.